The van der Waals surface area contributed by atoms with Crippen molar-refractivity contribution in [3.8, 4) is 5.69 Å². The van der Waals surface area contributed by atoms with Gasteiger partial charge < -0.3 is 15.4 Å². The van der Waals surface area contributed by atoms with E-state index in [1.807, 2.05) is 37.3 Å². The number of carbonyl (C=O) groups is 1. The maximum atomic E-state index is 12.1. The number of carbonyl (C=O) groups excluding carboxylic acids is 1. The Kier molecular flexibility index (Phi) is 6.71. The van der Waals surface area contributed by atoms with Gasteiger partial charge in [0.1, 0.15) is 5.82 Å². The third-order valence-corrected chi connectivity index (χ3v) is 3.26. The first-order chi connectivity index (χ1) is 11.3. The maximum Gasteiger partial charge on any atom is 0.291 e. The molecule has 7 nitrogen and oxygen atoms in total. The number of hydrogen-bond acceptors (Lipinski definition) is 5. The fraction of sp³-hybridized carbons (Fsp3) is 0.438. The largest absolute Gasteiger partial charge is 0.383 e. The summed E-state index contributed by atoms with van der Waals surface area (Å²) < 4.78 is 6.65. The van der Waals surface area contributed by atoms with E-state index in [1.54, 1.807) is 11.8 Å². The monoisotopic (exact) mass is 317 g/mol. The van der Waals surface area contributed by atoms with E-state index < -0.39 is 0 Å². The average molecular weight is 317 g/mol. The summed E-state index contributed by atoms with van der Waals surface area (Å²) in [6, 6.07) is 9.69. The number of ether oxygens (including phenoxy) is 1. The van der Waals surface area contributed by atoms with E-state index in [4.69, 9.17) is 4.74 Å². The fourth-order valence-corrected chi connectivity index (χ4v) is 2.09. The Morgan fingerprint density at radius 3 is 2.70 bits per heavy atom. The molecule has 0 unspecified atom stereocenters. The zero-order valence-corrected chi connectivity index (χ0v) is 13.6. The van der Waals surface area contributed by atoms with E-state index in [9.17, 15) is 4.79 Å². The molecule has 1 amide bonds. The minimum absolute atomic E-state index is 0.197. The van der Waals surface area contributed by atoms with Crippen molar-refractivity contribution >= 4 is 5.91 Å². The van der Waals surface area contributed by atoms with Crippen molar-refractivity contribution in [1.82, 2.24) is 25.4 Å². The highest BCUT2D eigenvalue weighted by atomic mass is 16.5. The van der Waals surface area contributed by atoms with Gasteiger partial charge >= 0.3 is 0 Å². The molecule has 124 valence electrons. The molecule has 2 rings (SSSR count). The molecule has 0 radical (unpaired) electrons. The van der Waals surface area contributed by atoms with Gasteiger partial charge in [0.25, 0.3) is 5.91 Å². The molecule has 7 heteroatoms. The molecule has 2 N–H and O–H groups in total. The van der Waals surface area contributed by atoms with Crippen LogP contribution in [0.1, 0.15) is 23.4 Å². The van der Waals surface area contributed by atoms with Crippen LogP contribution in [0.2, 0.25) is 0 Å². The lowest BCUT2D eigenvalue weighted by molar-refractivity contribution is 0.0943. The summed E-state index contributed by atoms with van der Waals surface area (Å²) in [6.07, 6.45) is 0.702. The molecule has 0 saturated heterocycles. The Labute approximate surface area is 136 Å². The number of aromatic nitrogens is 3. The van der Waals surface area contributed by atoms with Gasteiger partial charge in [-0.15, -0.1) is 5.10 Å². The molecule has 1 heterocycles. The first kappa shape index (κ1) is 17.1. The molecule has 0 fully saturated rings. The Hall–Kier alpha value is -2.25. The number of para-hydroxylation sites is 1. The Morgan fingerprint density at radius 2 is 2.00 bits per heavy atom. The molecule has 0 spiro atoms. The Bertz CT molecular complexity index is 612. The lowest BCUT2D eigenvalue weighted by Gasteiger charge is -2.04. The number of hydrogen-bond donors (Lipinski definition) is 2. The van der Waals surface area contributed by atoms with Gasteiger partial charge in [-0.1, -0.05) is 25.1 Å². The second-order valence-corrected chi connectivity index (χ2v) is 4.95. The summed E-state index contributed by atoms with van der Waals surface area (Å²) in [7, 11) is 1.66. The number of amides is 1. The second-order valence-electron chi connectivity index (χ2n) is 4.95. The van der Waals surface area contributed by atoms with Crippen molar-refractivity contribution < 1.29 is 9.53 Å². The summed E-state index contributed by atoms with van der Waals surface area (Å²) in [6.45, 7) is 4.59. The first-order valence-electron chi connectivity index (χ1n) is 7.75. The van der Waals surface area contributed by atoms with E-state index in [1.165, 1.54) is 0 Å². The Balaban J connectivity index is 1.95. The zero-order valence-electron chi connectivity index (χ0n) is 13.6. The van der Waals surface area contributed by atoms with Crippen LogP contribution in [0, 0.1) is 0 Å². The minimum Gasteiger partial charge on any atom is -0.383 e. The van der Waals surface area contributed by atoms with E-state index >= 15 is 0 Å². The summed E-state index contributed by atoms with van der Waals surface area (Å²) in [4.78, 5) is 16.5. The van der Waals surface area contributed by atoms with Crippen LogP contribution in [0.25, 0.3) is 5.69 Å². The van der Waals surface area contributed by atoms with E-state index in [2.05, 4.69) is 20.7 Å². The molecule has 1 aromatic carbocycles. The summed E-state index contributed by atoms with van der Waals surface area (Å²) in [5.41, 5.74) is 0.900. The highest BCUT2D eigenvalue weighted by molar-refractivity contribution is 5.90. The van der Waals surface area contributed by atoms with Crippen molar-refractivity contribution in [3.05, 3.63) is 42.0 Å². The van der Waals surface area contributed by atoms with E-state index in [-0.39, 0.29) is 11.7 Å². The van der Waals surface area contributed by atoms with Crippen LogP contribution in [0.4, 0.5) is 0 Å². The zero-order chi connectivity index (χ0) is 16.5. The maximum absolute atomic E-state index is 12.1. The summed E-state index contributed by atoms with van der Waals surface area (Å²) in [5, 5.41) is 10.3. The molecule has 2 aromatic rings. The average Bonchev–Trinajstić information content (AvgIpc) is 3.03. The predicted molar refractivity (Wildman–Crippen MR) is 87.8 cm³/mol. The van der Waals surface area contributed by atoms with Crippen LogP contribution < -0.4 is 10.6 Å². The molecular formula is C16H23N5O2. The van der Waals surface area contributed by atoms with Crippen molar-refractivity contribution in [2.24, 2.45) is 0 Å². The minimum atomic E-state index is -0.261. The molecular weight excluding hydrogens is 294 g/mol. The molecule has 0 aliphatic heterocycles. The first-order valence-corrected chi connectivity index (χ1v) is 7.75. The van der Waals surface area contributed by atoms with Crippen LogP contribution in [0.3, 0.4) is 0 Å². The normalized spacial score (nSPS) is 10.7. The third-order valence-electron chi connectivity index (χ3n) is 3.26. The standard InChI is InChI=1S/C16H23N5O2/c1-3-14-19-15(16(22)18-10-9-17-11-12-23-2)20-21(14)13-7-5-4-6-8-13/h4-8,17H,3,9-12H2,1-2H3,(H,18,22). The molecule has 0 aliphatic carbocycles. The number of rotatable bonds is 9. The van der Waals surface area contributed by atoms with Crippen molar-refractivity contribution in [2.75, 3.05) is 33.4 Å². The van der Waals surface area contributed by atoms with Crippen molar-refractivity contribution in [3.63, 3.8) is 0 Å². The van der Waals surface area contributed by atoms with Gasteiger partial charge in [0.05, 0.1) is 12.3 Å². The van der Waals surface area contributed by atoms with Crippen LogP contribution in [0.5, 0.6) is 0 Å². The van der Waals surface area contributed by atoms with Crippen LogP contribution in [-0.2, 0) is 11.2 Å². The molecule has 23 heavy (non-hydrogen) atoms. The highest BCUT2D eigenvalue weighted by Gasteiger charge is 2.15. The number of aryl methyl sites for hydroxylation is 1. The molecule has 0 aliphatic rings. The number of methoxy groups -OCH3 is 1. The van der Waals surface area contributed by atoms with Crippen molar-refractivity contribution in [2.45, 2.75) is 13.3 Å². The van der Waals surface area contributed by atoms with Gasteiger partial charge in [-0.3, -0.25) is 4.79 Å². The second kappa shape index (κ2) is 9.02. The molecule has 0 bridgehead atoms. The van der Waals surface area contributed by atoms with Crippen LogP contribution in [-0.4, -0.2) is 54.0 Å². The highest BCUT2D eigenvalue weighted by Crippen LogP contribution is 2.10. The summed E-state index contributed by atoms with van der Waals surface area (Å²) in [5.74, 6) is 0.699. The third kappa shape index (κ3) is 4.87. The fourth-order valence-electron chi connectivity index (χ4n) is 2.09. The van der Waals surface area contributed by atoms with Gasteiger partial charge in [-0.25, -0.2) is 9.67 Å². The van der Waals surface area contributed by atoms with Gasteiger partial charge in [-0.2, -0.15) is 0 Å². The lowest BCUT2D eigenvalue weighted by Crippen LogP contribution is -2.33. The van der Waals surface area contributed by atoms with Crippen molar-refractivity contribution in [1.29, 1.82) is 0 Å². The van der Waals surface area contributed by atoms with Crippen LogP contribution >= 0.6 is 0 Å². The predicted octanol–water partition coefficient (Wildman–Crippen LogP) is 0.796. The van der Waals surface area contributed by atoms with Crippen LogP contribution in [0.15, 0.2) is 30.3 Å². The molecule has 0 atom stereocenters. The van der Waals surface area contributed by atoms with Gasteiger partial charge in [0.2, 0.25) is 5.82 Å². The quantitative estimate of drug-likeness (QED) is 0.669. The molecule has 0 saturated carbocycles. The van der Waals surface area contributed by atoms with E-state index in [0.29, 0.717) is 26.1 Å². The topological polar surface area (TPSA) is 81.1 Å². The van der Waals surface area contributed by atoms with E-state index in [0.717, 1.165) is 18.1 Å². The van der Waals surface area contributed by atoms with Gasteiger partial charge in [0, 0.05) is 33.2 Å². The van der Waals surface area contributed by atoms with Gasteiger partial charge in [-0.05, 0) is 12.1 Å². The Morgan fingerprint density at radius 1 is 1.22 bits per heavy atom. The summed E-state index contributed by atoms with van der Waals surface area (Å²) >= 11 is 0. The SMILES string of the molecule is CCc1nc(C(=O)NCCNCCOC)nn1-c1ccccc1. The molecule has 1 aromatic heterocycles. The lowest BCUT2D eigenvalue weighted by atomic mass is 10.3. The number of nitrogens with one attached hydrogen (secondary N) is 2. The number of nitrogens with zero attached hydrogens (tertiary/aromatic N) is 3. The smallest absolute Gasteiger partial charge is 0.291 e. The number of benzene rings is 1. The van der Waals surface area contributed by atoms with Gasteiger partial charge in [0.15, 0.2) is 0 Å².